The van der Waals surface area contributed by atoms with Crippen LogP contribution >= 0.6 is 24.0 Å². The number of nitrogens with one attached hydrogen (secondary N) is 1. The molecule has 6 heteroatoms. The Morgan fingerprint density at radius 1 is 1.28 bits per heavy atom. The van der Waals surface area contributed by atoms with Crippen LogP contribution in [0.1, 0.15) is 31.4 Å². The number of halogens is 1. The van der Waals surface area contributed by atoms with Gasteiger partial charge < -0.3 is 14.6 Å². The molecule has 2 fully saturated rings. The number of benzene rings is 1. The summed E-state index contributed by atoms with van der Waals surface area (Å²) in [6.07, 6.45) is 7.17. The zero-order valence-corrected chi connectivity index (χ0v) is 16.9. The molecule has 2 aliphatic rings. The second-order valence-electron chi connectivity index (χ2n) is 6.94. The van der Waals surface area contributed by atoms with Crippen molar-refractivity contribution in [3.63, 3.8) is 0 Å². The van der Waals surface area contributed by atoms with Crippen LogP contribution in [0.25, 0.3) is 11.5 Å². The molecule has 0 unspecified atom stereocenters. The standard InChI is InChI=1S/C19H24N4O.HI/c1-20-18(23-11-10-19(14-23)8-5-9-19)21-12-16-13-24-17(22-16)15-6-3-2-4-7-15;/h2-4,6-7,13H,5,8-12,14H2,1H3,(H,20,21);1H. The molecule has 1 aliphatic carbocycles. The SMILES string of the molecule is CN=C(NCc1coc(-c2ccccc2)n1)N1CCC2(CCC2)C1.I. The lowest BCUT2D eigenvalue weighted by molar-refractivity contribution is 0.151. The van der Waals surface area contributed by atoms with Crippen molar-refractivity contribution < 1.29 is 4.42 Å². The molecule has 0 atom stereocenters. The summed E-state index contributed by atoms with van der Waals surface area (Å²) in [5.41, 5.74) is 2.47. The van der Waals surface area contributed by atoms with Gasteiger partial charge in [0.05, 0.1) is 12.2 Å². The van der Waals surface area contributed by atoms with Gasteiger partial charge in [-0.2, -0.15) is 0 Å². The molecule has 2 heterocycles. The molecule has 25 heavy (non-hydrogen) atoms. The normalized spacial score (nSPS) is 18.8. The van der Waals surface area contributed by atoms with Crippen LogP contribution < -0.4 is 5.32 Å². The predicted octanol–water partition coefficient (Wildman–Crippen LogP) is 3.91. The van der Waals surface area contributed by atoms with E-state index in [1.807, 2.05) is 37.4 Å². The molecule has 0 amide bonds. The van der Waals surface area contributed by atoms with Gasteiger partial charge in [-0.1, -0.05) is 24.6 Å². The Kier molecular flexibility index (Phi) is 5.66. The Labute approximate surface area is 165 Å². The van der Waals surface area contributed by atoms with E-state index < -0.39 is 0 Å². The molecule has 4 rings (SSSR count). The zero-order valence-electron chi connectivity index (χ0n) is 14.6. The van der Waals surface area contributed by atoms with Gasteiger partial charge >= 0.3 is 0 Å². The summed E-state index contributed by atoms with van der Waals surface area (Å²) in [7, 11) is 1.85. The van der Waals surface area contributed by atoms with Crippen molar-refractivity contribution in [2.45, 2.75) is 32.2 Å². The monoisotopic (exact) mass is 452 g/mol. The van der Waals surface area contributed by atoms with Crippen LogP contribution in [0.3, 0.4) is 0 Å². The predicted molar refractivity (Wildman–Crippen MR) is 110 cm³/mol. The van der Waals surface area contributed by atoms with Crippen LogP contribution in [0.4, 0.5) is 0 Å². The number of hydrogen-bond acceptors (Lipinski definition) is 3. The van der Waals surface area contributed by atoms with Gasteiger partial charge in [0.2, 0.25) is 5.89 Å². The summed E-state index contributed by atoms with van der Waals surface area (Å²) < 4.78 is 5.60. The Balaban J connectivity index is 0.00000182. The first-order valence-corrected chi connectivity index (χ1v) is 8.73. The largest absolute Gasteiger partial charge is 0.444 e. The summed E-state index contributed by atoms with van der Waals surface area (Å²) in [6, 6.07) is 9.98. The molecule has 0 radical (unpaired) electrons. The molecule has 1 saturated carbocycles. The molecule has 1 aromatic carbocycles. The minimum atomic E-state index is 0. The number of guanidine groups is 1. The van der Waals surface area contributed by atoms with E-state index >= 15 is 0 Å². The Morgan fingerprint density at radius 3 is 2.72 bits per heavy atom. The van der Waals surface area contributed by atoms with Crippen molar-refractivity contribution in [1.82, 2.24) is 15.2 Å². The van der Waals surface area contributed by atoms with Crippen molar-refractivity contribution in [2.75, 3.05) is 20.1 Å². The van der Waals surface area contributed by atoms with Gasteiger partial charge in [0.15, 0.2) is 5.96 Å². The van der Waals surface area contributed by atoms with Crippen molar-refractivity contribution in [1.29, 1.82) is 0 Å². The molecule has 1 spiro atoms. The van der Waals surface area contributed by atoms with E-state index in [1.54, 1.807) is 6.26 Å². The van der Waals surface area contributed by atoms with E-state index in [9.17, 15) is 0 Å². The summed E-state index contributed by atoms with van der Waals surface area (Å²) in [6.45, 7) is 2.88. The van der Waals surface area contributed by atoms with Gasteiger partial charge in [0, 0.05) is 25.7 Å². The van der Waals surface area contributed by atoms with Gasteiger partial charge in [-0.3, -0.25) is 4.99 Å². The quantitative estimate of drug-likeness (QED) is 0.436. The molecular formula is C19H25IN4O. The third-order valence-electron chi connectivity index (χ3n) is 5.36. The highest BCUT2D eigenvalue weighted by atomic mass is 127. The van der Waals surface area contributed by atoms with Crippen LogP contribution in [0, 0.1) is 5.41 Å². The Hall–Kier alpha value is -1.57. The Morgan fingerprint density at radius 2 is 2.08 bits per heavy atom. The number of nitrogens with zero attached hydrogens (tertiary/aromatic N) is 3. The molecule has 1 N–H and O–H groups in total. The Bertz CT molecular complexity index is 724. The lowest BCUT2D eigenvalue weighted by atomic mass is 9.68. The third kappa shape index (κ3) is 3.83. The maximum absolute atomic E-state index is 5.60. The molecule has 1 aromatic heterocycles. The molecule has 134 valence electrons. The highest BCUT2D eigenvalue weighted by Crippen LogP contribution is 2.47. The summed E-state index contributed by atoms with van der Waals surface area (Å²) in [5.74, 6) is 1.64. The average molecular weight is 452 g/mol. The fourth-order valence-electron chi connectivity index (χ4n) is 3.80. The maximum atomic E-state index is 5.60. The van der Waals surface area contributed by atoms with Crippen LogP contribution in [-0.4, -0.2) is 36.0 Å². The van der Waals surface area contributed by atoms with Crippen LogP contribution in [0.15, 0.2) is 46.0 Å². The van der Waals surface area contributed by atoms with E-state index in [4.69, 9.17) is 4.42 Å². The molecule has 1 saturated heterocycles. The van der Waals surface area contributed by atoms with E-state index in [0.717, 1.165) is 30.3 Å². The topological polar surface area (TPSA) is 53.7 Å². The van der Waals surface area contributed by atoms with Gasteiger partial charge in [-0.25, -0.2) is 4.98 Å². The minimum absolute atomic E-state index is 0. The number of aliphatic imine (C=N–C) groups is 1. The lowest BCUT2D eigenvalue weighted by Gasteiger charge is -2.38. The minimum Gasteiger partial charge on any atom is -0.444 e. The lowest BCUT2D eigenvalue weighted by Crippen LogP contribution is -2.42. The highest BCUT2D eigenvalue weighted by Gasteiger charge is 2.43. The molecule has 5 nitrogen and oxygen atoms in total. The zero-order chi connectivity index (χ0) is 16.4. The first kappa shape index (κ1) is 18.2. The molecule has 2 aromatic rings. The summed E-state index contributed by atoms with van der Waals surface area (Å²) in [5, 5.41) is 3.43. The van der Waals surface area contributed by atoms with Crippen LogP contribution in [0.5, 0.6) is 0 Å². The number of rotatable bonds is 3. The number of aromatic nitrogens is 1. The molecule has 0 bridgehead atoms. The van der Waals surface area contributed by atoms with Gasteiger partial charge in [0.25, 0.3) is 0 Å². The van der Waals surface area contributed by atoms with Crippen molar-refractivity contribution in [2.24, 2.45) is 10.4 Å². The van der Waals surface area contributed by atoms with E-state index in [2.05, 4.69) is 20.2 Å². The van der Waals surface area contributed by atoms with Crippen molar-refractivity contribution in [3.8, 4) is 11.5 Å². The average Bonchev–Trinajstić information content (AvgIpc) is 3.23. The number of oxazole rings is 1. The third-order valence-corrected chi connectivity index (χ3v) is 5.36. The van der Waals surface area contributed by atoms with Gasteiger partial charge in [-0.15, -0.1) is 24.0 Å². The summed E-state index contributed by atoms with van der Waals surface area (Å²) >= 11 is 0. The first-order chi connectivity index (χ1) is 11.8. The first-order valence-electron chi connectivity index (χ1n) is 8.73. The summed E-state index contributed by atoms with van der Waals surface area (Å²) in [4.78, 5) is 11.4. The maximum Gasteiger partial charge on any atom is 0.226 e. The smallest absolute Gasteiger partial charge is 0.226 e. The highest BCUT2D eigenvalue weighted by molar-refractivity contribution is 14.0. The van der Waals surface area contributed by atoms with Crippen LogP contribution in [0.2, 0.25) is 0 Å². The second-order valence-corrected chi connectivity index (χ2v) is 6.94. The fraction of sp³-hybridized carbons (Fsp3) is 0.474. The van der Waals surface area contributed by atoms with Crippen molar-refractivity contribution >= 4 is 29.9 Å². The van der Waals surface area contributed by atoms with E-state index in [-0.39, 0.29) is 24.0 Å². The molecule has 1 aliphatic heterocycles. The molecular weight excluding hydrogens is 427 g/mol. The number of hydrogen-bond donors (Lipinski definition) is 1. The van der Waals surface area contributed by atoms with Gasteiger partial charge in [0.1, 0.15) is 6.26 Å². The fourth-order valence-corrected chi connectivity index (χ4v) is 3.80. The van der Waals surface area contributed by atoms with E-state index in [1.165, 1.54) is 25.7 Å². The van der Waals surface area contributed by atoms with E-state index in [0.29, 0.717) is 17.9 Å². The second kappa shape index (κ2) is 7.76. The van der Waals surface area contributed by atoms with Crippen LogP contribution in [-0.2, 0) is 6.54 Å². The van der Waals surface area contributed by atoms with Gasteiger partial charge in [-0.05, 0) is 36.8 Å². The van der Waals surface area contributed by atoms with Crippen molar-refractivity contribution in [3.05, 3.63) is 42.3 Å². The number of likely N-dealkylation sites (tertiary alicyclic amines) is 1.